The number of rotatable bonds is 3. The van der Waals surface area contributed by atoms with Crippen molar-refractivity contribution in [3.05, 3.63) is 33.9 Å². The zero-order chi connectivity index (χ0) is 12.5. The first-order chi connectivity index (χ1) is 7.26. The molecule has 88 valence electrons. The van der Waals surface area contributed by atoms with Gasteiger partial charge >= 0.3 is 0 Å². The van der Waals surface area contributed by atoms with E-state index in [1.54, 1.807) is 20.8 Å². The fourth-order valence-corrected chi connectivity index (χ4v) is 2.57. The summed E-state index contributed by atoms with van der Waals surface area (Å²) in [7, 11) is -3.47. The van der Waals surface area contributed by atoms with Crippen molar-refractivity contribution in [1.82, 2.24) is 0 Å². The third-order valence-electron chi connectivity index (χ3n) is 2.31. The van der Waals surface area contributed by atoms with Crippen LogP contribution in [0.2, 0.25) is 0 Å². The van der Waals surface area contributed by atoms with Crippen molar-refractivity contribution in [1.29, 1.82) is 0 Å². The Morgan fingerprint density at radius 1 is 1.31 bits per heavy atom. The van der Waals surface area contributed by atoms with Crippen LogP contribution in [-0.4, -0.2) is 18.6 Å². The van der Waals surface area contributed by atoms with E-state index in [0.29, 0.717) is 5.56 Å². The average Bonchev–Trinajstić information content (AvgIpc) is 2.17. The highest BCUT2D eigenvalue weighted by Crippen LogP contribution is 2.24. The molecule has 1 rings (SSSR count). The maximum atomic E-state index is 11.9. The molecule has 0 saturated heterocycles. The number of aryl methyl sites for hydroxylation is 1. The fourth-order valence-electron chi connectivity index (χ4n) is 1.26. The number of sulfone groups is 1. The van der Waals surface area contributed by atoms with Crippen LogP contribution in [0.5, 0.6) is 0 Å². The molecule has 0 fully saturated rings. The van der Waals surface area contributed by atoms with Gasteiger partial charge in [-0.2, -0.15) is 0 Å². The van der Waals surface area contributed by atoms with Gasteiger partial charge in [-0.15, -0.1) is 0 Å². The van der Waals surface area contributed by atoms with Crippen LogP contribution in [0.15, 0.2) is 23.1 Å². The first-order valence-electron chi connectivity index (χ1n) is 4.75. The summed E-state index contributed by atoms with van der Waals surface area (Å²) in [5, 5.41) is 9.98. The van der Waals surface area contributed by atoms with Gasteiger partial charge in [0.15, 0.2) is 9.84 Å². The highest BCUT2D eigenvalue weighted by Gasteiger charge is 2.23. The van der Waals surface area contributed by atoms with E-state index in [1.807, 2.05) is 0 Å². The molecule has 0 spiro atoms. The molecule has 0 saturated carbocycles. The predicted molar refractivity (Wildman–Crippen MR) is 60.2 cm³/mol. The lowest BCUT2D eigenvalue weighted by atomic mass is 10.2. The van der Waals surface area contributed by atoms with E-state index in [-0.39, 0.29) is 10.6 Å². The molecule has 0 bridgehead atoms. The Balaban J connectivity index is 3.45. The normalized spacial score (nSPS) is 11.8. The van der Waals surface area contributed by atoms with Crippen LogP contribution in [0.1, 0.15) is 19.4 Å². The van der Waals surface area contributed by atoms with Crippen LogP contribution in [-0.2, 0) is 9.84 Å². The molecule has 0 amide bonds. The molecule has 0 aliphatic rings. The standard InChI is InChI=1S/C10H13NO4S/c1-7(2)16(14,15)10-6-9(11(12)13)5-4-8(10)3/h4-7H,1-3H3. The lowest BCUT2D eigenvalue weighted by Gasteiger charge is -2.10. The molecular weight excluding hydrogens is 230 g/mol. The molecule has 1 aromatic rings. The maximum Gasteiger partial charge on any atom is 0.270 e. The topological polar surface area (TPSA) is 77.3 Å². The molecule has 0 unspecified atom stereocenters. The molecule has 0 N–H and O–H groups in total. The van der Waals surface area contributed by atoms with E-state index in [2.05, 4.69) is 0 Å². The van der Waals surface area contributed by atoms with Gasteiger partial charge in [-0.25, -0.2) is 8.42 Å². The molecule has 0 aliphatic carbocycles. The second kappa shape index (κ2) is 4.21. The minimum atomic E-state index is -3.47. The average molecular weight is 243 g/mol. The predicted octanol–water partition coefficient (Wildman–Crippen LogP) is 2.09. The minimum absolute atomic E-state index is 0.0386. The summed E-state index contributed by atoms with van der Waals surface area (Å²) in [5.74, 6) is 0. The van der Waals surface area contributed by atoms with Gasteiger partial charge in [-0.05, 0) is 26.3 Å². The number of hydrogen-bond donors (Lipinski definition) is 0. The summed E-state index contributed by atoms with van der Waals surface area (Å²) >= 11 is 0. The van der Waals surface area contributed by atoms with Crippen LogP contribution in [0.3, 0.4) is 0 Å². The number of nitro benzene ring substituents is 1. The Morgan fingerprint density at radius 3 is 2.31 bits per heavy atom. The molecule has 0 aliphatic heterocycles. The molecule has 5 nitrogen and oxygen atoms in total. The van der Waals surface area contributed by atoms with Crippen molar-refractivity contribution in [3.63, 3.8) is 0 Å². The largest absolute Gasteiger partial charge is 0.270 e. The Kier molecular flexibility index (Phi) is 3.32. The Hall–Kier alpha value is -1.43. The summed E-state index contributed by atoms with van der Waals surface area (Å²) in [5.41, 5.74) is 0.323. The van der Waals surface area contributed by atoms with E-state index in [4.69, 9.17) is 0 Å². The van der Waals surface area contributed by atoms with Gasteiger partial charge in [0.25, 0.3) is 5.69 Å². The van der Waals surface area contributed by atoms with Crippen molar-refractivity contribution < 1.29 is 13.3 Å². The Morgan fingerprint density at radius 2 is 1.88 bits per heavy atom. The first kappa shape index (κ1) is 12.6. The van der Waals surface area contributed by atoms with Crippen LogP contribution >= 0.6 is 0 Å². The van der Waals surface area contributed by atoms with E-state index in [0.717, 1.165) is 6.07 Å². The summed E-state index contributed by atoms with van der Waals surface area (Å²) in [6.07, 6.45) is 0. The second-order valence-electron chi connectivity index (χ2n) is 3.80. The quantitative estimate of drug-likeness (QED) is 0.601. The third-order valence-corrected chi connectivity index (χ3v) is 4.60. The van der Waals surface area contributed by atoms with E-state index >= 15 is 0 Å². The first-order valence-corrected chi connectivity index (χ1v) is 6.30. The molecule has 0 atom stereocenters. The van der Waals surface area contributed by atoms with Gasteiger partial charge < -0.3 is 0 Å². The van der Waals surface area contributed by atoms with Crippen LogP contribution in [0.25, 0.3) is 0 Å². The number of benzene rings is 1. The lowest BCUT2D eigenvalue weighted by Crippen LogP contribution is -2.15. The van der Waals surface area contributed by atoms with Crippen LogP contribution < -0.4 is 0 Å². The van der Waals surface area contributed by atoms with Gasteiger partial charge in [0.05, 0.1) is 15.1 Å². The van der Waals surface area contributed by atoms with Crippen molar-refractivity contribution in [3.8, 4) is 0 Å². The molecule has 6 heteroatoms. The van der Waals surface area contributed by atoms with E-state index in [1.165, 1.54) is 12.1 Å². The monoisotopic (exact) mass is 243 g/mol. The number of non-ortho nitro benzene ring substituents is 1. The van der Waals surface area contributed by atoms with Gasteiger partial charge in [0.1, 0.15) is 0 Å². The molecule has 0 heterocycles. The molecule has 1 aromatic carbocycles. The van der Waals surface area contributed by atoms with Gasteiger partial charge in [0.2, 0.25) is 0 Å². The molecule has 0 radical (unpaired) electrons. The van der Waals surface area contributed by atoms with Crippen LogP contribution in [0.4, 0.5) is 5.69 Å². The minimum Gasteiger partial charge on any atom is -0.258 e. The fraction of sp³-hybridized carbons (Fsp3) is 0.400. The number of nitro groups is 1. The zero-order valence-corrected chi connectivity index (χ0v) is 10.1. The van der Waals surface area contributed by atoms with Crippen molar-refractivity contribution in [2.75, 3.05) is 0 Å². The van der Waals surface area contributed by atoms with E-state index in [9.17, 15) is 18.5 Å². The molecule has 16 heavy (non-hydrogen) atoms. The summed E-state index contributed by atoms with van der Waals surface area (Å²) in [4.78, 5) is 10.0. The van der Waals surface area contributed by atoms with Gasteiger partial charge in [-0.1, -0.05) is 6.07 Å². The summed E-state index contributed by atoms with van der Waals surface area (Å²) in [6, 6.07) is 3.87. The second-order valence-corrected chi connectivity index (χ2v) is 6.27. The zero-order valence-electron chi connectivity index (χ0n) is 9.30. The maximum absolute atomic E-state index is 11.9. The third kappa shape index (κ3) is 2.21. The summed E-state index contributed by atoms with van der Waals surface area (Å²) in [6.45, 7) is 4.72. The summed E-state index contributed by atoms with van der Waals surface area (Å²) < 4.78 is 23.8. The van der Waals surface area contributed by atoms with Gasteiger partial charge in [0, 0.05) is 12.1 Å². The van der Waals surface area contributed by atoms with Crippen molar-refractivity contribution >= 4 is 15.5 Å². The van der Waals surface area contributed by atoms with Crippen molar-refractivity contribution in [2.45, 2.75) is 30.9 Å². The molecular formula is C10H13NO4S. The highest BCUT2D eigenvalue weighted by atomic mass is 32.2. The van der Waals surface area contributed by atoms with Gasteiger partial charge in [-0.3, -0.25) is 10.1 Å². The molecule has 0 aromatic heterocycles. The number of hydrogen-bond acceptors (Lipinski definition) is 4. The van der Waals surface area contributed by atoms with Crippen molar-refractivity contribution in [2.24, 2.45) is 0 Å². The Bertz CT molecular complexity index is 520. The smallest absolute Gasteiger partial charge is 0.258 e. The lowest BCUT2D eigenvalue weighted by molar-refractivity contribution is -0.385. The van der Waals surface area contributed by atoms with Crippen LogP contribution in [0, 0.1) is 17.0 Å². The van der Waals surface area contributed by atoms with E-state index < -0.39 is 20.0 Å². The SMILES string of the molecule is Cc1ccc([N+](=O)[O-])cc1S(=O)(=O)C(C)C. The Labute approximate surface area is 94.2 Å². The highest BCUT2D eigenvalue weighted by molar-refractivity contribution is 7.92. The number of nitrogens with zero attached hydrogens (tertiary/aromatic N) is 1.